The average molecular weight is 288 g/mol. The van der Waals surface area contributed by atoms with Crippen LogP contribution in [0.1, 0.15) is 24.1 Å². The van der Waals surface area contributed by atoms with Gasteiger partial charge in [0.25, 0.3) is 0 Å². The van der Waals surface area contributed by atoms with E-state index in [4.69, 9.17) is 0 Å². The molecule has 0 amide bonds. The summed E-state index contributed by atoms with van der Waals surface area (Å²) in [6.45, 7) is 1.37. The number of hydrogen-bond acceptors (Lipinski definition) is 4. The standard InChI is InChI=1S/C12H20N2O2S2/c1-13-7-11-6-12(9-17-11)18(15,16)14(2)8-10-4-3-5-10/h6,9-10,13H,3-5,7-8H2,1-2H3. The van der Waals surface area contributed by atoms with Gasteiger partial charge in [-0.15, -0.1) is 11.3 Å². The lowest BCUT2D eigenvalue weighted by molar-refractivity contribution is 0.263. The molecule has 1 fully saturated rings. The second-order valence-electron chi connectivity index (χ2n) is 4.86. The summed E-state index contributed by atoms with van der Waals surface area (Å²) >= 11 is 1.49. The van der Waals surface area contributed by atoms with Gasteiger partial charge < -0.3 is 5.32 Å². The summed E-state index contributed by atoms with van der Waals surface area (Å²) in [6.07, 6.45) is 3.56. The first-order valence-electron chi connectivity index (χ1n) is 6.22. The molecule has 0 spiro atoms. The molecular weight excluding hydrogens is 268 g/mol. The van der Waals surface area contributed by atoms with Crippen molar-refractivity contribution >= 4 is 21.4 Å². The second-order valence-corrected chi connectivity index (χ2v) is 7.90. The van der Waals surface area contributed by atoms with E-state index in [-0.39, 0.29) is 0 Å². The molecule has 6 heteroatoms. The highest BCUT2D eigenvalue weighted by Gasteiger charge is 2.27. The maximum absolute atomic E-state index is 12.3. The van der Waals surface area contributed by atoms with E-state index in [1.165, 1.54) is 22.1 Å². The van der Waals surface area contributed by atoms with Crippen molar-refractivity contribution in [3.63, 3.8) is 0 Å². The Morgan fingerprint density at radius 3 is 2.78 bits per heavy atom. The van der Waals surface area contributed by atoms with Gasteiger partial charge in [-0.05, 0) is 31.9 Å². The monoisotopic (exact) mass is 288 g/mol. The number of hydrogen-bond donors (Lipinski definition) is 1. The zero-order chi connectivity index (χ0) is 13.2. The van der Waals surface area contributed by atoms with E-state index in [0.717, 1.165) is 17.7 Å². The molecule has 1 aliphatic rings. The Balaban J connectivity index is 2.07. The zero-order valence-electron chi connectivity index (χ0n) is 10.8. The molecule has 0 aromatic carbocycles. The molecule has 18 heavy (non-hydrogen) atoms. The van der Waals surface area contributed by atoms with E-state index in [0.29, 0.717) is 23.9 Å². The topological polar surface area (TPSA) is 49.4 Å². The molecule has 0 atom stereocenters. The number of sulfonamides is 1. The number of rotatable bonds is 6. The van der Waals surface area contributed by atoms with Crippen molar-refractivity contribution in [1.82, 2.24) is 9.62 Å². The van der Waals surface area contributed by atoms with Crippen LogP contribution in [0.4, 0.5) is 0 Å². The highest BCUT2D eigenvalue weighted by Crippen LogP contribution is 2.29. The molecule has 0 saturated heterocycles. The third-order valence-electron chi connectivity index (χ3n) is 3.43. The minimum Gasteiger partial charge on any atom is -0.315 e. The summed E-state index contributed by atoms with van der Waals surface area (Å²) in [7, 11) is 0.250. The smallest absolute Gasteiger partial charge is 0.243 e. The molecule has 1 N–H and O–H groups in total. The quantitative estimate of drug-likeness (QED) is 0.869. The zero-order valence-corrected chi connectivity index (χ0v) is 12.5. The predicted molar refractivity (Wildman–Crippen MR) is 74.2 cm³/mol. The fourth-order valence-corrected chi connectivity index (χ4v) is 4.60. The average Bonchev–Trinajstić information content (AvgIpc) is 2.72. The van der Waals surface area contributed by atoms with Gasteiger partial charge in [-0.2, -0.15) is 0 Å². The van der Waals surface area contributed by atoms with Gasteiger partial charge in [-0.1, -0.05) is 6.42 Å². The Bertz CT molecular complexity index is 492. The molecule has 1 heterocycles. The van der Waals surface area contributed by atoms with Crippen LogP contribution in [0.2, 0.25) is 0 Å². The largest absolute Gasteiger partial charge is 0.315 e. The molecule has 0 radical (unpaired) electrons. The molecule has 1 aromatic heterocycles. The van der Waals surface area contributed by atoms with E-state index in [9.17, 15) is 8.42 Å². The first-order valence-corrected chi connectivity index (χ1v) is 8.54. The van der Waals surface area contributed by atoms with Crippen LogP contribution < -0.4 is 5.32 Å². The molecular formula is C12H20N2O2S2. The van der Waals surface area contributed by atoms with Gasteiger partial charge in [0.05, 0.1) is 4.90 Å². The lowest BCUT2D eigenvalue weighted by atomic mass is 9.86. The third-order valence-corrected chi connectivity index (χ3v) is 6.32. The summed E-state index contributed by atoms with van der Waals surface area (Å²) < 4.78 is 26.2. The van der Waals surface area contributed by atoms with E-state index in [2.05, 4.69) is 5.32 Å². The SMILES string of the molecule is CNCc1cc(S(=O)(=O)N(C)CC2CCC2)cs1. The van der Waals surface area contributed by atoms with Crippen molar-refractivity contribution in [1.29, 1.82) is 0 Å². The fraction of sp³-hybridized carbons (Fsp3) is 0.667. The van der Waals surface area contributed by atoms with E-state index < -0.39 is 10.0 Å². The van der Waals surface area contributed by atoms with Crippen molar-refractivity contribution in [2.24, 2.45) is 5.92 Å². The van der Waals surface area contributed by atoms with Crippen LogP contribution in [-0.4, -0.2) is 33.4 Å². The van der Waals surface area contributed by atoms with Crippen molar-refractivity contribution in [3.05, 3.63) is 16.3 Å². The summed E-state index contributed by atoms with van der Waals surface area (Å²) in [5.41, 5.74) is 0. The lowest BCUT2D eigenvalue weighted by Crippen LogP contribution is -2.34. The van der Waals surface area contributed by atoms with Gasteiger partial charge in [0.15, 0.2) is 0 Å². The van der Waals surface area contributed by atoms with Gasteiger partial charge in [-0.25, -0.2) is 12.7 Å². The van der Waals surface area contributed by atoms with Gasteiger partial charge in [-0.3, -0.25) is 0 Å². The number of thiophene rings is 1. The van der Waals surface area contributed by atoms with Gasteiger partial charge >= 0.3 is 0 Å². The van der Waals surface area contributed by atoms with Crippen molar-refractivity contribution < 1.29 is 8.42 Å². The van der Waals surface area contributed by atoms with Crippen LogP contribution in [0.3, 0.4) is 0 Å². The van der Waals surface area contributed by atoms with E-state index >= 15 is 0 Å². The molecule has 0 bridgehead atoms. The van der Waals surface area contributed by atoms with Crippen molar-refractivity contribution in [2.75, 3.05) is 20.6 Å². The van der Waals surface area contributed by atoms with Crippen LogP contribution in [0, 0.1) is 5.92 Å². The molecule has 1 saturated carbocycles. The molecule has 4 nitrogen and oxygen atoms in total. The summed E-state index contributed by atoms with van der Waals surface area (Å²) in [4.78, 5) is 1.48. The van der Waals surface area contributed by atoms with E-state index in [1.807, 2.05) is 7.05 Å². The molecule has 0 unspecified atom stereocenters. The maximum atomic E-state index is 12.3. The Labute approximate surface area is 113 Å². The van der Waals surface area contributed by atoms with Gasteiger partial charge in [0, 0.05) is 30.4 Å². The highest BCUT2D eigenvalue weighted by molar-refractivity contribution is 7.89. The summed E-state index contributed by atoms with van der Waals surface area (Å²) in [5, 5.41) is 4.77. The van der Waals surface area contributed by atoms with Crippen LogP contribution in [0.25, 0.3) is 0 Å². The molecule has 102 valence electrons. The maximum Gasteiger partial charge on any atom is 0.243 e. The summed E-state index contributed by atoms with van der Waals surface area (Å²) in [5.74, 6) is 0.556. The minimum absolute atomic E-state index is 0.430. The molecule has 1 aromatic rings. The van der Waals surface area contributed by atoms with E-state index in [1.54, 1.807) is 18.5 Å². The van der Waals surface area contributed by atoms with Crippen LogP contribution in [-0.2, 0) is 16.6 Å². The number of nitrogens with zero attached hydrogens (tertiary/aromatic N) is 1. The van der Waals surface area contributed by atoms with Crippen molar-refractivity contribution in [3.8, 4) is 0 Å². The Kier molecular flexibility index (Phi) is 4.42. The molecule has 1 aliphatic carbocycles. The van der Waals surface area contributed by atoms with Crippen LogP contribution >= 0.6 is 11.3 Å². The van der Waals surface area contributed by atoms with Gasteiger partial charge in [0.1, 0.15) is 0 Å². The fourth-order valence-electron chi connectivity index (χ4n) is 2.08. The highest BCUT2D eigenvalue weighted by atomic mass is 32.2. The number of nitrogens with one attached hydrogen (secondary N) is 1. The summed E-state index contributed by atoms with van der Waals surface area (Å²) in [6, 6.07) is 1.77. The molecule has 2 rings (SSSR count). The lowest BCUT2D eigenvalue weighted by Gasteiger charge is -2.29. The Morgan fingerprint density at radius 1 is 1.50 bits per heavy atom. The normalized spacial score (nSPS) is 17.1. The predicted octanol–water partition coefficient (Wildman–Crippen LogP) is 1.89. The second kappa shape index (κ2) is 5.69. The minimum atomic E-state index is -3.29. The first-order chi connectivity index (χ1) is 8.54. The first kappa shape index (κ1) is 14.0. The van der Waals surface area contributed by atoms with Gasteiger partial charge in [0.2, 0.25) is 10.0 Å². The van der Waals surface area contributed by atoms with Crippen LogP contribution in [0.15, 0.2) is 16.3 Å². The van der Waals surface area contributed by atoms with Crippen molar-refractivity contribution in [2.45, 2.75) is 30.7 Å². The Morgan fingerprint density at radius 2 is 2.22 bits per heavy atom. The Hall–Kier alpha value is -0.430. The third kappa shape index (κ3) is 2.93. The molecule has 0 aliphatic heterocycles. The van der Waals surface area contributed by atoms with Crippen LogP contribution in [0.5, 0.6) is 0 Å².